The predicted octanol–water partition coefficient (Wildman–Crippen LogP) is 2.92. The van der Waals surface area contributed by atoms with Crippen LogP contribution in [0.4, 0.5) is 0 Å². The van der Waals surface area contributed by atoms with Crippen LogP contribution >= 0.6 is 0 Å². The molecular weight excluding hydrogens is 448 g/mol. The van der Waals surface area contributed by atoms with Crippen LogP contribution in [0.3, 0.4) is 0 Å². The number of nitrogens with zero attached hydrogens (tertiary/aromatic N) is 3. The maximum Gasteiger partial charge on any atom is 0.251 e. The quantitative estimate of drug-likeness (QED) is 0.675. The highest BCUT2D eigenvalue weighted by molar-refractivity contribution is 7.89. The van der Waals surface area contributed by atoms with Gasteiger partial charge in [0.05, 0.1) is 11.8 Å². The molecule has 178 valence electrons. The number of carbonyl (C=O) groups is 1. The molecule has 1 unspecified atom stereocenters. The van der Waals surface area contributed by atoms with Crippen LogP contribution in [0.5, 0.6) is 11.5 Å². The second kappa shape index (κ2) is 9.30. The van der Waals surface area contributed by atoms with Crippen molar-refractivity contribution >= 4 is 15.9 Å². The third-order valence-corrected chi connectivity index (χ3v) is 8.97. The van der Waals surface area contributed by atoms with E-state index in [1.54, 1.807) is 22.5 Å². The average molecular weight is 477 g/mol. The number of benzene rings is 1. The summed E-state index contributed by atoms with van der Waals surface area (Å²) >= 11 is 0. The zero-order chi connectivity index (χ0) is 22.8. The van der Waals surface area contributed by atoms with E-state index in [2.05, 4.69) is 15.5 Å². The van der Waals surface area contributed by atoms with Crippen molar-refractivity contribution in [3.63, 3.8) is 0 Å². The van der Waals surface area contributed by atoms with Crippen molar-refractivity contribution in [2.75, 3.05) is 13.3 Å². The summed E-state index contributed by atoms with van der Waals surface area (Å²) in [4.78, 5) is 16.9. The smallest absolute Gasteiger partial charge is 0.251 e. The summed E-state index contributed by atoms with van der Waals surface area (Å²) in [5, 5.41) is 6.42. The molecule has 2 aromatic rings. The Bertz CT molecular complexity index is 1110. The molecule has 0 bridgehead atoms. The fourth-order valence-corrected chi connectivity index (χ4v) is 7.03. The summed E-state index contributed by atoms with van der Waals surface area (Å²) in [5.41, 5.74) is 0.431. The summed E-state index contributed by atoms with van der Waals surface area (Å²) in [6.45, 7) is 0.682. The van der Waals surface area contributed by atoms with Gasteiger partial charge in [0.2, 0.25) is 22.7 Å². The summed E-state index contributed by atoms with van der Waals surface area (Å²) in [5.74, 6) is 1.43. The first-order valence-corrected chi connectivity index (χ1v) is 13.0. The van der Waals surface area contributed by atoms with Gasteiger partial charge in [0.25, 0.3) is 5.91 Å². The first kappa shape index (κ1) is 22.1. The van der Waals surface area contributed by atoms with Gasteiger partial charge in [0, 0.05) is 12.1 Å². The monoisotopic (exact) mass is 476 g/mol. The van der Waals surface area contributed by atoms with Gasteiger partial charge in [0.15, 0.2) is 17.3 Å². The standard InChI is InChI=1S/C22H28N4O6S/c27-21(15-9-10-18-19(12-15)31-14-30-18)23-13-20-24-22(32-25-20)17-8-4-5-11-26(17)33(28,29)16-6-2-1-3-7-16/h9-10,12,16-17H,1-8,11,13-14H2,(H,23,27). The Labute approximate surface area is 192 Å². The number of sulfonamides is 1. The van der Waals surface area contributed by atoms with Crippen molar-refractivity contribution in [3.05, 3.63) is 35.5 Å². The molecule has 1 atom stereocenters. The normalized spacial score (nSPS) is 21.8. The van der Waals surface area contributed by atoms with E-state index in [0.29, 0.717) is 54.6 Å². The highest BCUT2D eigenvalue weighted by atomic mass is 32.2. The van der Waals surface area contributed by atoms with Crippen LogP contribution in [0.25, 0.3) is 0 Å². The number of piperidine rings is 1. The van der Waals surface area contributed by atoms with Gasteiger partial charge in [-0.25, -0.2) is 8.42 Å². The van der Waals surface area contributed by atoms with Crippen molar-refractivity contribution in [2.45, 2.75) is 69.2 Å². The van der Waals surface area contributed by atoms with Gasteiger partial charge in [-0.3, -0.25) is 4.79 Å². The number of amides is 1. The Balaban J connectivity index is 1.25. The van der Waals surface area contributed by atoms with E-state index in [9.17, 15) is 13.2 Å². The molecule has 3 heterocycles. The minimum atomic E-state index is -3.43. The van der Waals surface area contributed by atoms with Crippen molar-refractivity contribution in [1.29, 1.82) is 0 Å². The first-order valence-electron chi connectivity index (χ1n) is 11.5. The maximum atomic E-state index is 13.3. The lowest BCUT2D eigenvalue weighted by molar-refractivity contribution is 0.0949. The molecule has 1 saturated heterocycles. The van der Waals surface area contributed by atoms with E-state index < -0.39 is 16.1 Å². The Morgan fingerprint density at radius 2 is 1.85 bits per heavy atom. The number of rotatable bonds is 6. The molecule has 1 aromatic carbocycles. The van der Waals surface area contributed by atoms with Crippen LogP contribution in [-0.4, -0.2) is 47.4 Å². The van der Waals surface area contributed by atoms with Crippen molar-refractivity contribution < 1.29 is 27.2 Å². The second-order valence-electron chi connectivity index (χ2n) is 8.73. The molecule has 33 heavy (non-hydrogen) atoms. The summed E-state index contributed by atoms with van der Waals surface area (Å²) in [6.07, 6.45) is 6.82. The largest absolute Gasteiger partial charge is 0.454 e. The third kappa shape index (κ3) is 4.56. The van der Waals surface area contributed by atoms with Crippen LogP contribution in [0.1, 0.15) is 79.5 Å². The SMILES string of the molecule is O=C(NCc1noc(C2CCCCN2S(=O)(=O)C2CCCCC2)n1)c1ccc2c(c1)OCO2. The summed E-state index contributed by atoms with van der Waals surface area (Å²) < 4.78 is 44.3. The van der Waals surface area contributed by atoms with Crippen LogP contribution in [0, 0.1) is 0 Å². The lowest BCUT2D eigenvalue weighted by Crippen LogP contribution is -2.44. The molecule has 11 heteroatoms. The fraction of sp³-hybridized carbons (Fsp3) is 0.591. The Kier molecular flexibility index (Phi) is 6.24. The van der Waals surface area contributed by atoms with Crippen LogP contribution in [0.2, 0.25) is 0 Å². The fourth-order valence-electron chi connectivity index (χ4n) is 4.78. The Morgan fingerprint density at radius 1 is 1.06 bits per heavy atom. The van der Waals surface area contributed by atoms with Gasteiger partial charge in [-0.15, -0.1) is 0 Å². The van der Waals surface area contributed by atoms with E-state index in [0.717, 1.165) is 32.1 Å². The molecule has 10 nitrogen and oxygen atoms in total. The molecular formula is C22H28N4O6S. The molecule has 0 spiro atoms. The number of hydrogen-bond acceptors (Lipinski definition) is 8. The maximum absolute atomic E-state index is 13.3. The lowest BCUT2D eigenvalue weighted by atomic mass is 10.0. The number of aromatic nitrogens is 2. The third-order valence-electron chi connectivity index (χ3n) is 6.56. The van der Waals surface area contributed by atoms with Gasteiger partial charge >= 0.3 is 0 Å². The van der Waals surface area contributed by atoms with Gasteiger partial charge in [-0.1, -0.05) is 30.8 Å². The van der Waals surface area contributed by atoms with E-state index in [4.69, 9.17) is 14.0 Å². The first-order chi connectivity index (χ1) is 16.0. The highest BCUT2D eigenvalue weighted by Gasteiger charge is 2.41. The number of nitrogens with one attached hydrogen (secondary N) is 1. The minimum absolute atomic E-state index is 0.0683. The van der Waals surface area contributed by atoms with Crippen molar-refractivity contribution in [1.82, 2.24) is 19.8 Å². The van der Waals surface area contributed by atoms with E-state index in [1.165, 1.54) is 0 Å². The van der Waals surface area contributed by atoms with Crippen molar-refractivity contribution in [2.24, 2.45) is 0 Å². The number of ether oxygens (including phenoxy) is 2. The molecule has 1 aromatic heterocycles. The molecule has 2 aliphatic heterocycles. The molecule has 5 rings (SSSR count). The average Bonchev–Trinajstić information content (AvgIpc) is 3.52. The van der Waals surface area contributed by atoms with Gasteiger partial charge < -0.3 is 19.3 Å². The topological polar surface area (TPSA) is 124 Å². The molecule has 1 aliphatic carbocycles. The Hall–Kier alpha value is -2.66. The summed E-state index contributed by atoms with van der Waals surface area (Å²) in [6, 6.07) is 4.51. The van der Waals surface area contributed by atoms with Gasteiger partial charge in [0.1, 0.15) is 6.04 Å². The molecule has 1 amide bonds. The van der Waals surface area contributed by atoms with Crippen LogP contribution in [0.15, 0.2) is 22.7 Å². The van der Waals surface area contributed by atoms with Crippen LogP contribution in [-0.2, 0) is 16.6 Å². The van der Waals surface area contributed by atoms with E-state index in [1.807, 2.05) is 0 Å². The van der Waals surface area contributed by atoms with Crippen molar-refractivity contribution in [3.8, 4) is 11.5 Å². The number of hydrogen-bond donors (Lipinski definition) is 1. The minimum Gasteiger partial charge on any atom is -0.454 e. The van der Waals surface area contributed by atoms with E-state index in [-0.39, 0.29) is 24.5 Å². The molecule has 3 aliphatic rings. The predicted molar refractivity (Wildman–Crippen MR) is 117 cm³/mol. The number of carbonyl (C=O) groups excluding carboxylic acids is 1. The van der Waals surface area contributed by atoms with Gasteiger partial charge in [-0.2, -0.15) is 9.29 Å². The van der Waals surface area contributed by atoms with E-state index >= 15 is 0 Å². The number of fused-ring (bicyclic) bond motifs is 1. The second-order valence-corrected chi connectivity index (χ2v) is 10.9. The zero-order valence-corrected chi connectivity index (χ0v) is 19.2. The molecule has 1 saturated carbocycles. The Morgan fingerprint density at radius 3 is 2.70 bits per heavy atom. The molecule has 2 fully saturated rings. The molecule has 1 N–H and O–H groups in total. The lowest BCUT2D eigenvalue weighted by Gasteiger charge is -2.36. The zero-order valence-electron chi connectivity index (χ0n) is 18.4. The molecule has 0 radical (unpaired) electrons. The van der Waals surface area contributed by atoms with Crippen LogP contribution < -0.4 is 14.8 Å². The highest BCUT2D eigenvalue weighted by Crippen LogP contribution is 2.36. The summed E-state index contributed by atoms with van der Waals surface area (Å²) in [7, 11) is -3.43. The van der Waals surface area contributed by atoms with Gasteiger partial charge in [-0.05, 0) is 43.9 Å².